The van der Waals surface area contributed by atoms with Gasteiger partial charge in [-0.1, -0.05) is 6.07 Å². The summed E-state index contributed by atoms with van der Waals surface area (Å²) in [6.07, 6.45) is 4.09. The van der Waals surface area contributed by atoms with Crippen molar-refractivity contribution in [2.75, 3.05) is 31.9 Å². The molecule has 0 bridgehead atoms. The normalized spacial score (nSPS) is 20.4. The molecule has 1 fully saturated rings. The SMILES string of the molecule is Nc1ccc2c(c1)CN(CCCN1CCCC1)C2. The van der Waals surface area contributed by atoms with E-state index in [1.54, 1.807) is 0 Å². The first kappa shape index (κ1) is 12.0. The Hall–Kier alpha value is -1.06. The highest BCUT2D eigenvalue weighted by atomic mass is 15.2. The molecule has 0 aliphatic carbocycles. The van der Waals surface area contributed by atoms with Crippen molar-refractivity contribution >= 4 is 5.69 Å². The zero-order valence-corrected chi connectivity index (χ0v) is 11.1. The molecule has 0 saturated carbocycles. The average Bonchev–Trinajstić information content (AvgIpc) is 2.97. The van der Waals surface area contributed by atoms with Crippen LogP contribution in [-0.2, 0) is 13.1 Å². The van der Waals surface area contributed by atoms with Crippen LogP contribution in [0, 0.1) is 0 Å². The summed E-state index contributed by atoms with van der Waals surface area (Å²) in [5, 5.41) is 0. The summed E-state index contributed by atoms with van der Waals surface area (Å²) in [7, 11) is 0. The third-order valence-electron chi connectivity index (χ3n) is 4.17. The van der Waals surface area contributed by atoms with E-state index in [-0.39, 0.29) is 0 Å². The number of nitrogen functional groups attached to an aromatic ring is 1. The highest BCUT2D eigenvalue weighted by Gasteiger charge is 2.19. The minimum absolute atomic E-state index is 0.896. The van der Waals surface area contributed by atoms with Gasteiger partial charge in [-0.2, -0.15) is 0 Å². The fourth-order valence-corrected chi connectivity index (χ4v) is 3.17. The van der Waals surface area contributed by atoms with Crippen molar-refractivity contribution in [2.24, 2.45) is 0 Å². The molecule has 0 spiro atoms. The molecule has 2 aliphatic heterocycles. The lowest BCUT2D eigenvalue weighted by molar-refractivity contribution is 0.250. The van der Waals surface area contributed by atoms with Gasteiger partial charge in [-0.05, 0) is 62.2 Å². The molecule has 2 N–H and O–H groups in total. The minimum Gasteiger partial charge on any atom is -0.399 e. The van der Waals surface area contributed by atoms with Gasteiger partial charge in [-0.3, -0.25) is 4.90 Å². The Kier molecular flexibility index (Phi) is 3.52. The molecule has 1 aromatic carbocycles. The first-order valence-electron chi connectivity index (χ1n) is 7.13. The van der Waals surface area contributed by atoms with Crippen LogP contribution in [0.3, 0.4) is 0 Å². The standard InChI is InChI=1S/C15H23N3/c16-15-5-4-13-11-18(12-14(13)10-15)9-3-8-17-6-1-2-7-17/h4-5,10H,1-3,6-9,11-12,16H2. The molecule has 18 heavy (non-hydrogen) atoms. The van der Waals surface area contributed by atoms with E-state index in [1.807, 2.05) is 6.07 Å². The van der Waals surface area contributed by atoms with Gasteiger partial charge in [0.25, 0.3) is 0 Å². The van der Waals surface area contributed by atoms with Gasteiger partial charge < -0.3 is 10.6 Å². The minimum atomic E-state index is 0.896. The summed E-state index contributed by atoms with van der Waals surface area (Å²) in [6, 6.07) is 6.34. The number of hydrogen-bond donors (Lipinski definition) is 1. The Morgan fingerprint density at radius 3 is 2.50 bits per heavy atom. The number of anilines is 1. The predicted molar refractivity (Wildman–Crippen MR) is 75.3 cm³/mol. The summed E-state index contributed by atoms with van der Waals surface area (Å²) in [4.78, 5) is 5.14. The van der Waals surface area contributed by atoms with E-state index < -0.39 is 0 Å². The monoisotopic (exact) mass is 245 g/mol. The lowest BCUT2D eigenvalue weighted by Crippen LogP contribution is -2.25. The molecule has 98 valence electrons. The summed E-state index contributed by atoms with van der Waals surface area (Å²) in [6.45, 7) is 7.31. The molecule has 2 aliphatic rings. The van der Waals surface area contributed by atoms with Crippen molar-refractivity contribution in [1.29, 1.82) is 0 Å². The van der Waals surface area contributed by atoms with Crippen LogP contribution in [0.2, 0.25) is 0 Å². The number of nitrogens with zero attached hydrogens (tertiary/aromatic N) is 2. The number of hydrogen-bond acceptors (Lipinski definition) is 3. The largest absolute Gasteiger partial charge is 0.399 e. The van der Waals surface area contributed by atoms with Gasteiger partial charge in [0, 0.05) is 25.3 Å². The number of likely N-dealkylation sites (tertiary alicyclic amines) is 1. The number of nitrogens with two attached hydrogens (primary N) is 1. The molecular weight excluding hydrogens is 222 g/mol. The topological polar surface area (TPSA) is 32.5 Å². The second-order valence-corrected chi connectivity index (χ2v) is 5.64. The lowest BCUT2D eigenvalue weighted by Gasteiger charge is -2.18. The summed E-state index contributed by atoms with van der Waals surface area (Å²) in [5.74, 6) is 0. The third-order valence-corrected chi connectivity index (χ3v) is 4.17. The van der Waals surface area contributed by atoms with E-state index >= 15 is 0 Å². The highest BCUT2D eigenvalue weighted by Crippen LogP contribution is 2.24. The van der Waals surface area contributed by atoms with Crippen LogP contribution in [0.1, 0.15) is 30.4 Å². The summed E-state index contributed by atoms with van der Waals surface area (Å²) < 4.78 is 0. The first-order valence-corrected chi connectivity index (χ1v) is 7.13. The molecule has 1 aromatic rings. The smallest absolute Gasteiger partial charge is 0.0317 e. The molecule has 0 radical (unpaired) electrons. The van der Waals surface area contributed by atoms with Crippen molar-refractivity contribution in [3.63, 3.8) is 0 Å². The van der Waals surface area contributed by atoms with Gasteiger partial charge in [0.15, 0.2) is 0 Å². The van der Waals surface area contributed by atoms with Crippen LogP contribution in [-0.4, -0.2) is 36.0 Å². The third kappa shape index (κ3) is 2.68. The van der Waals surface area contributed by atoms with E-state index in [2.05, 4.69) is 21.9 Å². The number of benzene rings is 1. The van der Waals surface area contributed by atoms with Gasteiger partial charge in [-0.25, -0.2) is 0 Å². The second kappa shape index (κ2) is 5.29. The maximum atomic E-state index is 5.83. The van der Waals surface area contributed by atoms with Crippen molar-refractivity contribution in [2.45, 2.75) is 32.4 Å². The Bertz CT molecular complexity index is 410. The molecule has 0 amide bonds. The van der Waals surface area contributed by atoms with Crippen LogP contribution in [0.25, 0.3) is 0 Å². The Labute approximate surface area is 110 Å². The van der Waals surface area contributed by atoms with Crippen LogP contribution in [0.15, 0.2) is 18.2 Å². The molecule has 2 heterocycles. The molecular formula is C15H23N3. The van der Waals surface area contributed by atoms with Gasteiger partial charge in [0.05, 0.1) is 0 Å². The molecule has 3 rings (SSSR count). The van der Waals surface area contributed by atoms with Crippen molar-refractivity contribution < 1.29 is 0 Å². The quantitative estimate of drug-likeness (QED) is 0.824. The Morgan fingerprint density at radius 2 is 1.67 bits per heavy atom. The van der Waals surface area contributed by atoms with Gasteiger partial charge >= 0.3 is 0 Å². The number of rotatable bonds is 4. The average molecular weight is 245 g/mol. The molecule has 1 saturated heterocycles. The van der Waals surface area contributed by atoms with E-state index in [4.69, 9.17) is 5.73 Å². The maximum absolute atomic E-state index is 5.83. The molecule has 0 aromatic heterocycles. The lowest BCUT2D eigenvalue weighted by atomic mass is 10.1. The van der Waals surface area contributed by atoms with Gasteiger partial charge in [0.1, 0.15) is 0 Å². The Balaban J connectivity index is 1.46. The van der Waals surface area contributed by atoms with Gasteiger partial charge in [-0.15, -0.1) is 0 Å². The van der Waals surface area contributed by atoms with Crippen molar-refractivity contribution in [3.05, 3.63) is 29.3 Å². The first-order chi connectivity index (χ1) is 8.81. The summed E-state index contributed by atoms with van der Waals surface area (Å²) >= 11 is 0. The molecule has 0 atom stereocenters. The second-order valence-electron chi connectivity index (χ2n) is 5.64. The van der Waals surface area contributed by atoms with Crippen LogP contribution >= 0.6 is 0 Å². The number of fused-ring (bicyclic) bond motifs is 1. The van der Waals surface area contributed by atoms with Crippen molar-refractivity contribution in [3.8, 4) is 0 Å². The fourth-order valence-electron chi connectivity index (χ4n) is 3.17. The Morgan fingerprint density at radius 1 is 0.944 bits per heavy atom. The zero-order valence-electron chi connectivity index (χ0n) is 11.1. The summed E-state index contributed by atoms with van der Waals surface area (Å²) in [5.41, 5.74) is 9.62. The highest BCUT2D eigenvalue weighted by molar-refractivity contribution is 5.46. The van der Waals surface area contributed by atoms with Crippen LogP contribution < -0.4 is 5.73 Å². The maximum Gasteiger partial charge on any atom is 0.0317 e. The predicted octanol–water partition coefficient (Wildman–Crippen LogP) is 2.07. The van der Waals surface area contributed by atoms with Gasteiger partial charge in [0.2, 0.25) is 0 Å². The van der Waals surface area contributed by atoms with E-state index in [1.165, 1.54) is 56.6 Å². The van der Waals surface area contributed by atoms with Crippen LogP contribution in [0.5, 0.6) is 0 Å². The molecule has 3 heteroatoms. The van der Waals surface area contributed by atoms with Crippen molar-refractivity contribution in [1.82, 2.24) is 9.80 Å². The zero-order chi connectivity index (χ0) is 12.4. The fraction of sp³-hybridized carbons (Fsp3) is 0.600. The molecule has 0 unspecified atom stereocenters. The van der Waals surface area contributed by atoms with E-state index in [9.17, 15) is 0 Å². The van der Waals surface area contributed by atoms with Crippen LogP contribution in [0.4, 0.5) is 5.69 Å². The van der Waals surface area contributed by atoms with E-state index in [0.29, 0.717) is 0 Å². The molecule has 3 nitrogen and oxygen atoms in total. The van der Waals surface area contributed by atoms with E-state index in [0.717, 1.165) is 18.8 Å².